The molecular weight excluding hydrogens is 450 g/mol. The fourth-order valence-electron chi connectivity index (χ4n) is 2.08. The van der Waals surface area contributed by atoms with Crippen LogP contribution >= 0.6 is 0 Å². The predicted octanol–water partition coefficient (Wildman–Crippen LogP) is -1.32. The van der Waals surface area contributed by atoms with Gasteiger partial charge in [-0.1, -0.05) is 0 Å². The summed E-state index contributed by atoms with van der Waals surface area (Å²) in [7, 11) is -8.42. The zero-order chi connectivity index (χ0) is 22.2. The summed E-state index contributed by atoms with van der Waals surface area (Å²) in [4.78, 5) is 23.9. The number of sulfonamides is 1. The van der Waals surface area contributed by atoms with E-state index in [1.807, 2.05) is 0 Å². The fraction of sp³-hybridized carbons (Fsp3) is 0.429. The molecule has 0 spiro atoms. The SMILES string of the molecule is NS(=O)(=O)c1cc(C(=O)NCCCS(=O)O)cc(C(=O)NCCCS(=O)(=O)O)c1. The van der Waals surface area contributed by atoms with Crippen molar-refractivity contribution in [2.24, 2.45) is 5.14 Å². The summed E-state index contributed by atoms with van der Waals surface area (Å²) in [5, 5.41) is 9.83. The number of rotatable bonds is 11. The van der Waals surface area contributed by atoms with Gasteiger partial charge in [-0.05, 0) is 31.0 Å². The minimum atomic E-state index is -4.24. The number of primary sulfonamides is 1. The lowest BCUT2D eigenvalue weighted by Crippen LogP contribution is -2.28. The van der Waals surface area contributed by atoms with Crippen molar-refractivity contribution in [2.75, 3.05) is 24.6 Å². The number of nitrogens with two attached hydrogens (primary N) is 1. The largest absolute Gasteiger partial charge is 0.352 e. The molecule has 29 heavy (non-hydrogen) atoms. The molecule has 1 rings (SSSR count). The number of nitrogens with one attached hydrogen (secondary N) is 2. The van der Waals surface area contributed by atoms with Gasteiger partial charge in [-0.25, -0.2) is 17.8 Å². The number of carbonyl (C=O) groups excluding carboxylic acids is 2. The highest BCUT2D eigenvalue weighted by Crippen LogP contribution is 2.15. The molecule has 0 aliphatic rings. The van der Waals surface area contributed by atoms with Gasteiger partial charge in [-0.3, -0.25) is 14.1 Å². The summed E-state index contributed by atoms with van der Waals surface area (Å²) >= 11 is -2.01. The van der Waals surface area contributed by atoms with E-state index in [1.165, 1.54) is 0 Å². The number of benzene rings is 1. The van der Waals surface area contributed by atoms with Crippen molar-refractivity contribution < 1.29 is 39.7 Å². The molecule has 0 fully saturated rings. The Morgan fingerprint density at radius 1 is 0.966 bits per heavy atom. The molecule has 0 aliphatic carbocycles. The maximum Gasteiger partial charge on any atom is 0.264 e. The first-order valence-corrected chi connectivity index (χ1v) is 12.5. The van der Waals surface area contributed by atoms with Crippen LogP contribution in [0.2, 0.25) is 0 Å². The monoisotopic (exact) mass is 471 g/mol. The van der Waals surface area contributed by atoms with Crippen LogP contribution in [0.5, 0.6) is 0 Å². The van der Waals surface area contributed by atoms with Gasteiger partial charge in [-0.2, -0.15) is 8.42 Å². The zero-order valence-corrected chi connectivity index (χ0v) is 17.5. The van der Waals surface area contributed by atoms with Gasteiger partial charge in [0.1, 0.15) is 0 Å². The average molecular weight is 472 g/mol. The first kappa shape index (κ1) is 25.1. The normalized spacial score (nSPS) is 12.9. The van der Waals surface area contributed by atoms with E-state index in [1.54, 1.807) is 0 Å². The van der Waals surface area contributed by atoms with Crippen LogP contribution in [-0.2, 0) is 31.2 Å². The molecule has 0 aromatic heterocycles. The van der Waals surface area contributed by atoms with Gasteiger partial charge >= 0.3 is 0 Å². The van der Waals surface area contributed by atoms with Gasteiger partial charge < -0.3 is 15.2 Å². The minimum Gasteiger partial charge on any atom is -0.352 e. The molecule has 12 nitrogen and oxygen atoms in total. The van der Waals surface area contributed by atoms with Crippen LogP contribution in [0.3, 0.4) is 0 Å². The summed E-state index contributed by atoms with van der Waals surface area (Å²) in [5.41, 5.74) is -0.380. The van der Waals surface area contributed by atoms with E-state index in [-0.39, 0.29) is 42.8 Å². The molecule has 2 amide bonds. The highest BCUT2D eigenvalue weighted by molar-refractivity contribution is 7.89. The summed E-state index contributed by atoms with van der Waals surface area (Å²) in [6.07, 6.45) is 0.115. The van der Waals surface area contributed by atoms with Gasteiger partial charge in [-0.15, -0.1) is 0 Å². The standard InChI is InChI=1S/C14H21N3O9S3/c15-29(25,26)12-8-10(13(18)16-3-1-5-27(20)21)7-11(9-12)14(19)17-4-2-6-28(22,23)24/h7-9H,1-6H2,(H,16,18)(H,17,19)(H,20,21)(H2,15,25,26)(H,22,23,24). The summed E-state index contributed by atoms with van der Waals surface area (Å²) in [5.74, 6) is -2.14. The second-order valence-electron chi connectivity index (χ2n) is 5.82. The molecule has 1 atom stereocenters. The molecule has 1 aromatic rings. The Balaban J connectivity index is 2.94. The highest BCUT2D eigenvalue weighted by Gasteiger charge is 2.18. The number of hydrogen-bond donors (Lipinski definition) is 5. The van der Waals surface area contributed by atoms with Crippen molar-refractivity contribution in [3.05, 3.63) is 29.3 Å². The lowest BCUT2D eigenvalue weighted by molar-refractivity contribution is 0.0953. The van der Waals surface area contributed by atoms with E-state index in [0.717, 1.165) is 18.2 Å². The van der Waals surface area contributed by atoms with Crippen LogP contribution in [0, 0.1) is 0 Å². The zero-order valence-electron chi connectivity index (χ0n) is 15.0. The summed E-state index contributed by atoms with van der Waals surface area (Å²) in [6, 6.07) is 3.05. The van der Waals surface area contributed by atoms with Gasteiger partial charge in [0, 0.05) is 24.2 Å². The van der Waals surface area contributed by atoms with E-state index < -0.39 is 53.7 Å². The van der Waals surface area contributed by atoms with Crippen LogP contribution in [0.4, 0.5) is 0 Å². The van der Waals surface area contributed by atoms with E-state index in [0.29, 0.717) is 0 Å². The Morgan fingerprint density at radius 3 is 1.86 bits per heavy atom. The molecule has 0 heterocycles. The molecule has 0 aliphatic heterocycles. The third kappa shape index (κ3) is 9.91. The maximum atomic E-state index is 12.2. The second kappa shape index (κ2) is 10.7. The molecule has 0 bridgehead atoms. The first-order chi connectivity index (χ1) is 13.3. The van der Waals surface area contributed by atoms with E-state index in [4.69, 9.17) is 14.2 Å². The molecule has 1 aromatic carbocycles. The van der Waals surface area contributed by atoms with Crippen LogP contribution in [0.1, 0.15) is 33.6 Å². The average Bonchev–Trinajstić information content (AvgIpc) is 2.59. The predicted molar refractivity (Wildman–Crippen MR) is 104 cm³/mol. The molecule has 1 unspecified atom stereocenters. The first-order valence-electron chi connectivity index (χ1n) is 8.06. The Labute approximate surface area is 170 Å². The van der Waals surface area contributed by atoms with Gasteiger partial charge in [0.25, 0.3) is 21.9 Å². The van der Waals surface area contributed by atoms with Gasteiger partial charge in [0.2, 0.25) is 10.0 Å². The summed E-state index contributed by atoms with van der Waals surface area (Å²) < 4.78 is 72.5. The lowest BCUT2D eigenvalue weighted by Gasteiger charge is -2.10. The third-order valence-corrected chi connectivity index (χ3v) is 5.74. The van der Waals surface area contributed by atoms with Crippen molar-refractivity contribution >= 4 is 43.0 Å². The molecule has 0 radical (unpaired) electrons. The Kier molecular flexibility index (Phi) is 9.31. The molecule has 0 saturated heterocycles. The molecular formula is C14H21N3O9S3. The summed E-state index contributed by atoms with van der Waals surface area (Å²) in [6.45, 7) is -0.0834. The molecule has 164 valence electrons. The van der Waals surface area contributed by atoms with E-state index in [9.17, 15) is 30.6 Å². The van der Waals surface area contributed by atoms with Crippen LogP contribution < -0.4 is 15.8 Å². The number of amides is 2. The van der Waals surface area contributed by atoms with Crippen molar-refractivity contribution in [3.8, 4) is 0 Å². The molecule has 6 N–H and O–H groups in total. The van der Waals surface area contributed by atoms with Crippen molar-refractivity contribution in [1.29, 1.82) is 0 Å². The highest BCUT2D eigenvalue weighted by atomic mass is 32.2. The van der Waals surface area contributed by atoms with Crippen LogP contribution in [0.15, 0.2) is 23.1 Å². The van der Waals surface area contributed by atoms with Crippen molar-refractivity contribution in [1.82, 2.24) is 10.6 Å². The number of hydrogen-bond acceptors (Lipinski definition) is 7. The van der Waals surface area contributed by atoms with Gasteiger partial charge in [0.15, 0.2) is 11.1 Å². The minimum absolute atomic E-state index is 0.0436. The smallest absolute Gasteiger partial charge is 0.264 e. The number of carbonyl (C=O) groups is 2. The maximum absolute atomic E-state index is 12.2. The van der Waals surface area contributed by atoms with Gasteiger partial charge in [0.05, 0.1) is 16.4 Å². The third-order valence-electron chi connectivity index (χ3n) is 3.41. The Bertz CT molecular complexity index is 991. The topological polar surface area (TPSA) is 210 Å². The lowest BCUT2D eigenvalue weighted by atomic mass is 10.1. The second-order valence-corrected chi connectivity index (χ2v) is 10.0. The van der Waals surface area contributed by atoms with E-state index >= 15 is 0 Å². The molecule has 15 heteroatoms. The quantitative estimate of drug-likeness (QED) is 0.147. The molecule has 0 saturated carbocycles. The van der Waals surface area contributed by atoms with Crippen molar-refractivity contribution in [3.63, 3.8) is 0 Å². The van der Waals surface area contributed by atoms with E-state index in [2.05, 4.69) is 10.6 Å². The van der Waals surface area contributed by atoms with Crippen LogP contribution in [-0.4, -0.2) is 66.6 Å². The van der Waals surface area contributed by atoms with Crippen LogP contribution in [0.25, 0.3) is 0 Å². The Hall–Kier alpha value is -1.91. The Morgan fingerprint density at radius 2 is 1.45 bits per heavy atom. The van der Waals surface area contributed by atoms with Crippen molar-refractivity contribution in [2.45, 2.75) is 17.7 Å². The fourth-order valence-corrected chi connectivity index (χ4v) is 3.57.